The van der Waals surface area contributed by atoms with E-state index in [1.54, 1.807) is 18.0 Å². The van der Waals surface area contributed by atoms with Crippen LogP contribution in [0.2, 0.25) is 0 Å². The van der Waals surface area contributed by atoms with Gasteiger partial charge in [0.2, 0.25) is 0 Å². The molecule has 1 saturated heterocycles. The zero-order chi connectivity index (χ0) is 20.7. The minimum Gasteiger partial charge on any atom is -0.444 e. The zero-order valence-corrected chi connectivity index (χ0v) is 19.6. The fourth-order valence-corrected chi connectivity index (χ4v) is 2.94. The number of ether oxygens (including phenoxy) is 1. The van der Waals surface area contributed by atoms with E-state index in [2.05, 4.69) is 15.6 Å². The monoisotopic (exact) mass is 519 g/mol. The molecule has 0 saturated carbocycles. The van der Waals surface area contributed by atoms with Crippen LogP contribution in [0.1, 0.15) is 39.2 Å². The van der Waals surface area contributed by atoms with Gasteiger partial charge in [-0.15, -0.1) is 24.0 Å². The first kappa shape index (κ1) is 24.9. The summed E-state index contributed by atoms with van der Waals surface area (Å²) in [5, 5.41) is 17.4. The molecule has 2 rings (SSSR count). The number of nitro groups is 1. The number of benzene rings is 1. The van der Waals surface area contributed by atoms with E-state index < -0.39 is 10.5 Å². The Morgan fingerprint density at radius 2 is 2.14 bits per heavy atom. The molecule has 1 unspecified atom stereocenters. The van der Waals surface area contributed by atoms with Crippen LogP contribution >= 0.6 is 24.0 Å². The summed E-state index contributed by atoms with van der Waals surface area (Å²) in [7, 11) is 1.66. The summed E-state index contributed by atoms with van der Waals surface area (Å²) in [6.07, 6.45) is 1.48. The van der Waals surface area contributed by atoms with Gasteiger partial charge in [-0.1, -0.05) is 12.1 Å². The van der Waals surface area contributed by atoms with Gasteiger partial charge in [-0.05, 0) is 39.2 Å². The third kappa shape index (κ3) is 8.42. The van der Waals surface area contributed by atoms with E-state index in [4.69, 9.17) is 4.74 Å². The number of carbonyl (C=O) groups is 1. The molecule has 9 nitrogen and oxygen atoms in total. The van der Waals surface area contributed by atoms with Gasteiger partial charge in [0.25, 0.3) is 5.69 Å². The Kier molecular flexibility index (Phi) is 9.60. The Balaban J connectivity index is 0.00000420. The van der Waals surface area contributed by atoms with E-state index in [-0.39, 0.29) is 41.8 Å². The van der Waals surface area contributed by atoms with Gasteiger partial charge < -0.3 is 20.3 Å². The van der Waals surface area contributed by atoms with Gasteiger partial charge >= 0.3 is 6.09 Å². The third-order valence-electron chi connectivity index (χ3n) is 4.22. The largest absolute Gasteiger partial charge is 0.444 e. The minimum atomic E-state index is -0.520. The van der Waals surface area contributed by atoms with Crippen molar-refractivity contribution in [1.82, 2.24) is 15.5 Å². The summed E-state index contributed by atoms with van der Waals surface area (Å²) in [6.45, 7) is 7.17. The van der Waals surface area contributed by atoms with Gasteiger partial charge in [0.05, 0.1) is 4.92 Å². The number of likely N-dealkylation sites (tertiary alicyclic amines) is 1. The highest BCUT2D eigenvalue weighted by molar-refractivity contribution is 14.0. The quantitative estimate of drug-likeness (QED) is 0.208. The number of halogens is 1. The highest BCUT2D eigenvalue weighted by atomic mass is 127. The average molecular weight is 519 g/mol. The van der Waals surface area contributed by atoms with E-state index in [1.165, 1.54) is 12.1 Å². The number of nitro benzene ring substituents is 1. The zero-order valence-electron chi connectivity index (χ0n) is 17.3. The molecule has 1 heterocycles. The highest BCUT2D eigenvalue weighted by Gasteiger charge is 2.28. The van der Waals surface area contributed by atoms with Crippen molar-refractivity contribution in [3.8, 4) is 0 Å². The van der Waals surface area contributed by atoms with E-state index >= 15 is 0 Å². The smallest absolute Gasteiger partial charge is 0.410 e. The lowest BCUT2D eigenvalue weighted by Gasteiger charge is -2.35. The number of hydrogen-bond acceptors (Lipinski definition) is 5. The number of nitrogens with one attached hydrogen (secondary N) is 2. The Morgan fingerprint density at radius 3 is 2.76 bits per heavy atom. The van der Waals surface area contributed by atoms with Crippen LogP contribution in [-0.2, 0) is 11.3 Å². The number of carbonyl (C=O) groups excluding carboxylic acids is 1. The number of aliphatic imine (C=N–C) groups is 1. The Labute approximate surface area is 188 Å². The number of rotatable bonds is 4. The van der Waals surface area contributed by atoms with Gasteiger partial charge in [-0.2, -0.15) is 0 Å². The highest BCUT2D eigenvalue weighted by Crippen LogP contribution is 2.16. The van der Waals surface area contributed by atoms with Crippen LogP contribution in [0.3, 0.4) is 0 Å². The molecule has 0 radical (unpaired) electrons. The van der Waals surface area contributed by atoms with E-state index in [0.29, 0.717) is 25.6 Å². The molecule has 1 aromatic carbocycles. The minimum absolute atomic E-state index is 0. The fourth-order valence-electron chi connectivity index (χ4n) is 2.94. The lowest BCUT2D eigenvalue weighted by atomic mass is 10.1. The first-order valence-corrected chi connectivity index (χ1v) is 9.36. The number of guanidine groups is 1. The molecular formula is C19H30IN5O4. The van der Waals surface area contributed by atoms with E-state index in [0.717, 1.165) is 18.4 Å². The summed E-state index contributed by atoms with van der Waals surface area (Å²) < 4.78 is 5.45. The average Bonchev–Trinajstić information content (AvgIpc) is 2.64. The molecule has 2 N–H and O–H groups in total. The van der Waals surface area contributed by atoms with Crippen molar-refractivity contribution < 1.29 is 14.5 Å². The molecule has 0 aliphatic carbocycles. The molecule has 1 amide bonds. The maximum absolute atomic E-state index is 12.3. The van der Waals surface area contributed by atoms with Crippen LogP contribution in [-0.4, -0.2) is 53.7 Å². The fraction of sp³-hybridized carbons (Fsp3) is 0.579. The molecule has 1 atom stereocenters. The maximum Gasteiger partial charge on any atom is 0.410 e. The number of non-ortho nitro benzene ring substituents is 1. The summed E-state index contributed by atoms with van der Waals surface area (Å²) in [4.78, 5) is 28.7. The third-order valence-corrected chi connectivity index (χ3v) is 4.22. The van der Waals surface area contributed by atoms with Gasteiger partial charge in [0, 0.05) is 44.9 Å². The van der Waals surface area contributed by atoms with Crippen LogP contribution in [0.4, 0.5) is 10.5 Å². The van der Waals surface area contributed by atoms with Gasteiger partial charge in [0.15, 0.2) is 5.96 Å². The second-order valence-corrected chi connectivity index (χ2v) is 7.76. The van der Waals surface area contributed by atoms with Crippen molar-refractivity contribution in [3.63, 3.8) is 0 Å². The van der Waals surface area contributed by atoms with Gasteiger partial charge in [-0.3, -0.25) is 15.1 Å². The summed E-state index contributed by atoms with van der Waals surface area (Å²) in [5.74, 6) is 0.586. The van der Waals surface area contributed by atoms with Crippen LogP contribution in [0.25, 0.3) is 0 Å². The van der Waals surface area contributed by atoms with Crippen LogP contribution in [0.15, 0.2) is 29.3 Å². The predicted molar refractivity (Wildman–Crippen MR) is 123 cm³/mol. The standard InChI is InChI=1S/C19H29N5O4.HI/c1-19(2,3)28-18(25)23-10-6-8-15(13-23)22-17(20-4)21-12-14-7-5-9-16(11-14)24(26)27;/h5,7,9,11,15H,6,8,10,12-13H2,1-4H3,(H2,20,21,22);1H. The van der Waals surface area contributed by atoms with Crippen LogP contribution in [0.5, 0.6) is 0 Å². The molecule has 0 spiro atoms. The molecule has 1 aliphatic rings. The second kappa shape index (κ2) is 11.2. The molecule has 162 valence electrons. The van der Waals surface area contributed by atoms with Crippen molar-refractivity contribution in [3.05, 3.63) is 39.9 Å². The molecule has 0 aromatic heterocycles. The molecule has 10 heteroatoms. The number of nitrogens with zero attached hydrogens (tertiary/aromatic N) is 3. The van der Waals surface area contributed by atoms with Crippen molar-refractivity contribution in [2.24, 2.45) is 4.99 Å². The van der Waals surface area contributed by atoms with Crippen molar-refractivity contribution in [2.75, 3.05) is 20.1 Å². The van der Waals surface area contributed by atoms with Crippen LogP contribution in [0, 0.1) is 10.1 Å². The SMILES string of the molecule is CN=C(NCc1cccc([N+](=O)[O-])c1)NC1CCCN(C(=O)OC(C)(C)C)C1.I. The maximum atomic E-state index is 12.3. The molecular weight excluding hydrogens is 489 g/mol. The summed E-state index contributed by atoms with van der Waals surface area (Å²) in [6, 6.07) is 6.52. The molecule has 1 aliphatic heterocycles. The Morgan fingerprint density at radius 1 is 1.41 bits per heavy atom. The van der Waals surface area contributed by atoms with Crippen LogP contribution < -0.4 is 10.6 Å². The lowest BCUT2D eigenvalue weighted by Crippen LogP contribution is -2.53. The topological polar surface area (TPSA) is 109 Å². The van der Waals surface area contributed by atoms with Gasteiger partial charge in [-0.25, -0.2) is 4.79 Å². The molecule has 1 fully saturated rings. The van der Waals surface area contributed by atoms with Crippen molar-refractivity contribution in [2.45, 2.75) is 51.8 Å². The first-order chi connectivity index (χ1) is 13.2. The second-order valence-electron chi connectivity index (χ2n) is 7.76. The first-order valence-electron chi connectivity index (χ1n) is 9.36. The number of piperidine rings is 1. The predicted octanol–water partition coefficient (Wildman–Crippen LogP) is 3.28. The number of amides is 1. The summed E-state index contributed by atoms with van der Waals surface area (Å²) in [5.41, 5.74) is 0.326. The van der Waals surface area contributed by atoms with Crippen molar-refractivity contribution >= 4 is 41.7 Å². The van der Waals surface area contributed by atoms with Crippen molar-refractivity contribution in [1.29, 1.82) is 0 Å². The Hall–Kier alpha value is -2.11. The van der Waals surface area contributed by atoms with Gasteiger partial charge in [0.1, 0.15) is 5.60 Å². The van der Waals surface area contributed by atoms with E-state index in [9.17, 15) is 14.9 Å². The molecule has 0 bridgehead atoms. The number of hydrogen-bond donors (Lipinski definition) is 2. The molecule has 29 heavy (non-hydrogen) atoms. The normalized spacial score (nSPS) is 17.2. The Bertz CT molecular complexity index is 736. The lowest BCUT2D eigenvalue weighted by molar-refractivity contribution is -0.384. The van der Waals surface area contributed by atoms with E-state index in [1.807, 2.05) is 26.8 Å². The molecule has 1 aromatic rings. The summed E-state index contributed by atoms with van der Waals surface area (Å²) >= 11 is 0.